The van der Waals surface area contributed by atoms with E-state index in [0.717, 1.165) is 5.92 Å². The maximum absolute atomic E-state index is 2.59. The summed E-state index contributed by atoms with van der Waals surface area (Å²) in [6.07, 6.45) is 9.14. The number of hydrogen-bond donors (Lipinski definition) is 1. The van der Waals surface area contributed by atoms with E-state index in [1.807, 2.05) is 45.3 Å². The Kier molecular flexibility index (Phi) is 7.73. The molecule has 0 nitrogen and oxygen atoms in total. The summed E-state index contributed by atoms with van der Waals surface area (Å²) in [5.74, 6) is 0.819. The Morgan fingerprint density at radius 1 is 0.727 bits per heavy atom. The molecule has 0 radical (unpaired) electrons. The summed E-state index contributed by atoms with van der Waals surface area (Å²) in [5, 5.41) is 6.94. The lowest BCUT2D eigenvalue weighted by atomic mass is 10.0. The molecule has 1 atom stereocenters. The molecule has 0 bridgehead atoms. The van der Waals surface area contributed by atoms with Crippen LogP contribution in [0.15, 0.2) is 79.9 Å². The predicted octanol–water partition coefficient (Wildman–Crippen LogP) is 11.2. The van der Waals surface area contributed by atoms with Crippen LogP contribution in [-0.2, 0) is 0 Å². The summed E-state index contributed by atoms with van der Waals surface area (Å²) in [7, 11) is -0.359. The lowest BCUT2D eigenvalue weighted by Crippen LogP contribution is -1.88. The molecule has 0 saturated carbocycles. The molecule has 4 aromatic heterocycles. The van der Waals surface area contributed by atoms with Crippen LogP contribution in [-0.4, -0.2) is 0 Å². The Balaban J connectivity index is 1.37. The molecule has 0 N–H and O–H groups in total. The molecule has 0 aliphatic carbocycles. The third-order valence-electron chi connectivity index (χ3n) is 5.86. The van der Waals surface area contributed by atoms with Gasteiger partial charge in [0.25, 0.3) is 0 Å². The Morgan fingerprint density at radius 2 is 1.42 bits per heavy atom. The number of rotatable bonds is 10. The first kappa shape index (κ1) is 23.4. The van der Waals surface area contributed by atoms with Gasteiger partial charge < -0.3 is 0 Å². The number of unbranched alkanes of at least 4 members (excludes halogenated alkanes) is 2. The third kappa shape index (κ3) is 5.66. The average Bonchev–Trinajstić information content (AvgIpc) is 3.60. The van der Waals surface area contributed by atoms with Crippen molar-refractivity contribution in [2.24, 2.45) is 5.92 Å². The van der Waals surface area contributed by atoms with Crippen LogP contribution in [0.4, 0.5) is 0 Å². The number of thiol groups is 1. The molecule has 172 valence electrons. The zero-order valence-electron chi connectivity index (χ0n) is 19.1. The van der Waals surface area contributed by atoms with Crippen molar-refractivity contribution < 1.29 is 0 Å². The van der Waals surface area contributed by atoms with Crippen molar-refractivity contribution in [2.45, 2.75) is 50.2 Å². The molecule has 0 saturated heterocycles. The van der Waals surface area contributed by atoms with Gasteiger partial charge in [0.2, 0.25) is 0 Å². The second-order valence-electron chi connectivity index (χ2n) is 8.84. The minimum Gasteiger partial charge on any atom is -0.173 e. The normalized spacial score (nSPS) is 17.0. The highest BCUT2D eigenvalue weighted by Gasteiger charge is 2.21. The topological polar surface area (TPSA) is 0 Å². The van der Waals surface area contributed by atoms with Crippen LogP contribution >= 0.6 is 56.2 Å². The van der Waals surface area contributed by atoms with Crippen molar-refractivity contribution in [3.05, 3.63) is 80.6 Å². The molecule has 0 fully saturated rings. The van der Waals surface area contributed by atoms with E-state index < -0.39 is 0 Å². The van der Waals surface area contributed by atoms with Crippen molar-refractivity contribution in [1.29, 1.82) is 0 Å². The van der Waals surface area contributed by atoms with E-state index in [1.165, 1.54) is 62.1 Å². The van der Waals surface area contributed by atoms with Gasteiger partial charge in [0, 0.05) is 28.6 Å². The quantitative estimate of drug-likeness (QED) is 0.154. The maximum atomic E-state index is 2.59. The molecule has 5 heterocycles. The van der Waals surface area contributed by atoms with Crippen LogP contribution in [0.25, 0.3) is 25.1 Å². The maximum Gasteiger partial charge on any atom is 0.0482 e. The molecule has 5 heteroatoms. The first-order valence-corrected chi connectivity index (χ1v) is 16.5. The van der Waals surface area contributed by atoms with Gasteiger partial charge in [0.05, 0.1) is 0 Å². The highest BCUT2D eigenvalue weighted by atomic mass is 32.2. The van der Waals surface area contributed by atoms with E-state index >= 15 is 0 Å². The summed E-state index contributed by atoms with van der Waals surface area (Å²) in [5.41, 5.74) is 1.44. The summed E-state index contributed by atoms with van der Waals surface area (Å²) in [6, 6.07) is 18.1. The van der Waals surface area contributed by atoms with E-state index in [9.17, 15) is 0 Å². The summed E-state index contributed by atoms with van der Waals surface area (Å²) >= 11 is 7.61. The van der Waals surface area contributed by atoms with Crippen LogP contribution in [0.1, 0.15) is 50.8 Å². The van der Waals surface area contributed by atoms with E-state index in [2.05, 4.69) is 84.6 Å². The molecule has 1 unspecified atom stereocenters. The lowest BCUT2D eigenvalue weighted by Gasteiger charge is -2.16. The van der Waals surface area contributed by atoms with Crippen LogP contribution < -0.4 is 0 Å². The van der Waals surface area contributed by atoms with Gasteiger partial charge >= 0.3 is 0 Å². The Morgan fingerprint density at radius 3 is 2.12 bits per heavy atom. The predicted molar refractivity (Wildman–Crippen MR) is 156 cm³/mol. The van der Waals surface area contributed by atoms with Gasteiger partial charge in [-0.3, -0.25) is 0 Å². The Hall–Kier alpha value is -1.37. The van der Waals surface area contributed by atoms with Crippen LogP contribution in [0.5, 0.6) is 0 Å². The van der Waals surface area contributed by atoms with Gasteiger partial charge in [-0.05, 0) is 87.9 Å². The zero-order chi connectivity index (χ0) is 22.6. The first-order chi connectivity index (χ1) is 16.2. The highest BCUT2D eigenvalue weighted by molar-refractivity contribution is 8.24. The largest absolute Gasteiger partial charge is 0.173 e. The molecular formula is C28H30S5. The average molecular weight is 527 g/mol. The van der Waals surface area contributed by atoms with E-state index in [0.29, 0.717) is 0 Å². The van der Waals surface area contributed by atoms with Crippen LogP contribution in [0.2, 0.25) is 0 Å². The number of allylic oxidation sites excluding steroid dienone is 3. The van der Waals surface area contributed by atoms with Crippen molar-refractivity contribution >= 4 is 61.8 Å². The standard InChI is InChI=1S/C28H30S5/c1-20(2)8-4-3-5-9-22-18-21(23-12-13-26(31-23)24-10-6-16-29-24)19-33(22)28-15-14-27(32-28)25-11-7-17-30-25/h6-7,10-20,33H,3-5,8-9H2,1-2H3. The summed E-state index contributed by atoms with van der Waals surface area (Å²) in [4.78, 5) is 8.64. The van der Waals surface area contributed by atoms with E-state index in [1.54, 1.807) is 9.11 Å². The second-order valence-corrected chi connectivity index (χ2v) is 15.3. The van der Waals surface area contributed by atoms with Gasteiger partial charge in [-0.25, -0.2) is 0 Å². The zero-order valence-corrected chi connectivity index (χ0v) is 23.3. The van der Waals surface area contributed by atoms with Gasteiger partial charge in [0.1, 0.15) is 0 Å². The smallest absolute Gasteiger partial charge is 0.0482 e. The number of thiophene rings is 4. The fourth-order valence-corrected chi connectivity index (χ4v) is 10.8. The van der Waals surface area contributed by atoms with Crippen molar-refractivity contribution in [2.75, 3.05) is 0 Å². The monoisotopic (exact) mass is 526 g/mol. The molecule has 0 spiro atoms. The Labute approximate surface area is 216 Å². The molecule has 4 aromatic rings. The molecule has 1 aliphatic heterocycles. The first-order valence-electron chi connectivity index (χ1n) is 11.7. The van der Waals surface area contributed by atoms with Crippen molar-refractivity contribution in [1.82, 2.24) is 0 Å². The summed E-state index contributed by atoms with van der Waals surface area (Å²) < 4.78 is 1.55. The molecule has 0 aromatic carbocycles. The minimum absolute atomic E-state index is 0.359. The third-order valence-corrected chi connectivity index (χ3v) is 13.0. The highest BCUT2D eigenvalue weighted by Crippen LogP contribution is 2.57. The second kappa shape index (κ2) is 10.9. The van der Waals surface area contributed by atoms with Crippen molar-refractivity contribution in [3.63, 3.8) is 0 Å². The molecular weight excluding hydrogens is 497 g/mol. The Bertz CT molecular complexity index is 1220. The summed E-state index contributed by atoms with van der Waals surface area (Å²) in [6.45, 7) is 4.67. The van der Waals surface area contributed by atoms with Gasteiger partial charge in [-0.15, -0.1) is 45.3 Å². The molecule has 1 aliphatic rings. The lowest BCUT2D eigenvalue weighted by molar-refractivity contribution is 0.528. The van der Waals surface area contributed by atoms with Gasteiger partial charge in [-0.1, -0.05) is 45.2 Å². The van der Waals surface area contributed by atoms with Gasteiger partial charge in [-0.2, -0.15) is 10.9 Å². The van der Waals surface area contributed by atoms with Crippen LogP contribution in [0, 0.1) is 5.92 Å². The van der Waals surface area contributed by atoms with Crippen molar-refractivity contribution in [3.8, 4) is 19.5 Å². The SMILES string of the molecule is CC(C)CCCCCC1=CC(c2ccc(-c3cccs3)s2)=C[SH]1c1ccc(-c2cccs2)s1. The number of hydrogen-bond acceptors (Lipinski definition) is 4. The van der Waals surface area contributed by atoms with Crippen LogP contribution in [0.3, 0.4) is 0 Å². The van der Waals surface area contributed by atoms with Gasteiger partial charge in [0.15, 0.2) is 0 Å². The minimum atomic E-state index is -0.359. The molecule has 5 rings (SSSR count). The van der Waals surface area contributed by atoms with E-state index in [4.69, 9.17) is 0 Å². The molecule has 33 heavy (non-hydrogen) atoms. The van der Waals surface area contributed by atoms with E-state index in [-0.39, 0.29) is 10.9 Å². The fraction of sp³-hybridized carbons (Fsp3) is 0.286. The molecule has 0 amide bonds. The fourth-order valence-electron chi connectivity index (χ4n) is 4.13.